The van der Waals surface area contributed by atoms with Crippen LogP contribution in [0.3, 0.4) is 0 Å². The van der Waals surface area contributed by atoms with Crippen LogP contribution in [0.2, 0.25) is 0 Å². The molecule has 1 heterocycles. The maximum absolute atomic E-state index is 11.5. The van der Waals surface area contributed by atoms with Gasteiger partial charge in [-0.3, -0.25) is 4.79 Å². The summed E-state index contributed by atoms with van der Waals surface area (Å²) in [7, 11) is 0. The summed E-state index contributed by atoms with van der Waals surface area (Å²) in [5.41, 5.74) is 0.994. The highest BCUT2D eigenvalue weighted by Gasteiger charge is 2.03. The second-order valence-corrected chi connectivity index (χ2v) is 3.00. The Morgan fingerprint density at radius 1 is 1.62 bits per heavy atom. The highest BCUT2D eigenvalue weighted by Crippen LogP contribution is 1.95. The van der Waals surface area contributed by atoms with Crippen molar-refractivity contribution in [3.8, 4) is 0 Å². The van der Waals surface area contributed by atoms with Crippen LogP contribution in [0, 0.1) is 6.92 Å². The minimum absolute atomic E-state index is 0.185. The molecule has 4 heteroatoms. The molecule has 1 rings (SSSR count). The molecule has 1 N–H and O–H groups in total. The SMILES string of the molecule is CCCn1nc(C)cc(CO)c1=O. The van der Waals surface area contributed by atoms with E-state index in [-0.39, 0.29) is 12.2 Å². The highest BCUT2D eigenvalue weighted by atomic mass is 16.3. The number of hydrogen-bond donors (Lipinski definition) is 1. The molecule has 0 atom stereocenters. The van der Waals surface area contributed by atoms with Crippen molar-refractivity contribution in [2.75, 3.05) is 0 Å². The summed E-state index contributed by atoms with van der Waals surface area (Å²) in [5, 5.41) is 13.0. The molecule has 72 valence electrons. The highest BCUT2D eigenvalue weighted by molar-refractivity contribution is 5.11. The van der Waals surface area contributed by atoms with Gasteiger partial charge in [-0.1, -0.05) is 6.92 Å². The van der Waals surface area contributed by atoms with E-state index in [1.807, 2.05) is 13.8 Å². The van der Waals surface area contributed by atoms with Crippen LogP contribution >= 0.6 is 0 Å². The zero-order chi connectivity index (χ0) is 9.84. The molecular formula is C9H14N2O2. The average molecular weight is 182 g/mol. The Bertz CT molecular complexity index is 344. The molecule has 0 aromatic carbocycles. The van der Waals surface area contributed by atoms with Gasteiger partial charge in [0, 0.05) is 12.1 Å². The molecule has 1 aromatic heterocycles. The summed E-state index contributed by atoms with van der Waals surface area (Å²) < 4.78 is 1.40. The van der Waals surface area contributed by atoms with Gasteiger partial charge in [0.2, 0.25) is 0 Å². The fraction of sp³-hybridized carbons (Fsp3) is 0.556. The van der Waals surface area contributed by atoms with Crippen LogP contribution in [-0.2, 0) is 13.2 Å². The summed E-state index contributed by atoms with van der Waals surface area (Å²) in [6.45, 7) is 4.18. The fourth-order valence-corrected chi connectivity index (χ4v) is 1.22. The van der Waals surface area contributed by atoms with E-state index in [0.717, 1.165) is 12.1 Å². The lowest BCUT2D eigenvalue weighted by atomic mass is 10.3. The zero-order valence-corrected chi connectivity index (χ0v) is 7.95. The molecule has 0 aliphatic carbocycles. The van der Waals surface area contributed by atoms with Crippen LogP contribution in [-0.4, -0.2) is 14.9 Å². The second kappa shape index (κ2) is 4.18. The summed E-state index contributed by atoms with van der Waals surface area (Å²) in [6.07, 6.45) is 0.862. The third-order valence-corrected chi connectivity index (χ3v) is 1.78. The van der Waals surface area contributed by atoms with Gasteiger partial charge in [-0.2, -0.15) is 5.10 Å². The van der Waals surface area contributed by atoms with Gasteiger partial charge < -0.3 is 5.11 Å². The topological polar surface area (TPSA) is 55.1 Å². The molecule has 0 saturated heterocycles. The summed E-state index contributed by atoms with van der Waals surface area (Å²) >= 11 is 0. The number of aliphatic hydroxyl groups is 1. The van der Waals surface area contributed by atoms with E-state index in [0.29, 0.717) is 12.1 Å². The lowest BCUT2D eigenvalue weighted by molar-refractivity contribution is 0.278. The van der Waals surface area contributed by atoms with Crippen LogP contribution in [0.4, 0.5) is 0 Å². The van der Waals surface area contributed by atoms with Crippen molar-refractivity contribution in [2.24, 2.45) is 0 Å². The molecule has 0 bridgehead atoms. The van der Waals surface area contributed by atoms with Crippen LogP contribution < -0.4 is 5.56 Å². The third kappa shape index (κ3) is 2.15. The standard InChI is InChI=1S/C9H14N2O2/c1-3-4-11-9(13)8(6-12)5-7(2)10-11/h5,12H,3-4,6H2,1-2H3. The van der Waals surface area contributed by atoms with Crippen molar-refractivity contribution in [3.63, 3.8) is 0 Å². The lowest BCUT2D eigenvalue weighted by Gasteiger charge is -2.05. The Balaban J connectivity index is 3.19. The maximum Gasteiger partial charge on any atom is 0.272 e. The molecule has 0 aliphatic rings. The predicted molar refractivity (Wildman–Crippen MR) is 49.4 cm³/mol. The first kappa shape index (κ1) is 9.92. The number of nitrogens with zero attached hydrogens (tertiary/aromatic N) is 2. The molecule has 0 amide bonds. The van der Waals surface area contributed by atoms with Gasteiger partial charge in [0.15, 0.2) is 0 Å². The van der Waals surface area contributed by atoms with Crippen LogP contribution in [0.5, 0.6) is 0 Å². The minimum atomic E-state index is -0.216. The van der Waals surface area contributed by atoms with Crippen LogP contribution in [0.15, 0.2) is 10.9 Å². The third-order valence-electron chi connectivity index (χ3n) is 1.78. The summed E-state index contributed by atoms with van der Waals surface area (Å²) in [4.78, 5) is 11.5. The molecular weight excluding hydrogens is 168 g/mol. The largest absolute Gasteiger partial charge is 0.391 e. The Morgan fingerprint density at radius 2 is 2.31 bits per heavy atom. The van der Waals surface area contributed by atoms with E-state index in [9.17, 15) is 4.79 Å². The molecule has 0 radical (unpaired) electrons. The number of aryl methyl sites for hydroxylation is 2. The van der Waals surface area contributed by atoms with Gasteiger partial charge in [-0.25, -0.2) is 4.68 Å². The second-order valence-electron chi connectivity index (χ2n) is 3.00. The van der Waals surface area contributed by atoms with Crippen molar-refractivity contribution < 1.29 is 5.11 Å². The maximum atomic E-state index is 11.5. The molecule has 4 nitrogen and oxygen atoms in total. The Kier molecular flexibility index (Phi) is 3.19. The van der Waals surface area contributed by atoms with Crippen molar-refractivity contribution in [2.45, 2.75) is 33.4 Å². The molecule has 0 fully saturated rings. The van der Waals surface area contributed by atoms with E-state index >= 15 is 0 Å². The first-order valence-electron chi connectivity index (χ1n) is 4.37. The average Bonchev–Trinajstić information content (AvgIpc) is 2.11. The van der Waals surface area contributed by atoms with Crippen molar-refractivity contribution >= 4 is 0 Å². The van der Waals surface area contributed by atoms with E-state index in [1.54, 1.807) is 6.07 Å². The monoisotopic (exact) mass is 182 g/mol. The number of aromatic nitrogens is 2. The first-order valence-corrected chi connectivity index (χ1v) is 4.37. The molecule has 13 heavy (non-hydrogen) atoms. The predicted octanol–water partition coefficient (Wildman–Crippen LogP) is 0.454. The Morgan fingerprint density at radius 3 is 2.85 bits per heavy atom. The summed E-state index contributed by atoms with van der Waals surface area (Å²) in [6, 6.07) is 1.62. The molecule has 0 unspecified atom stereocenters. The first-order chi connectivity index (χ1) is 6.19. The van der Waals surface area contributed by atoms with Crippen molar-refractivity contribution in [1.29, 1.82) is 0 Å². The van der Waals surface area contributed by atoms with E-state index in [1.165, 1.54) is 4.68 Å². The molecule has 0 saturated carbocycles. The summed E-state index contributed by atoms with van der Waals surface area (Å²) in [5.74, 6) is 0. The van der Waals surface area contributed by atoms with Gasteiger partial charge in [-0.15, -0.1) is 0 Å². The molecule has 0 aliphatic heterocycles. The number of aliphatic hydroxyl groups excluding tert-OH is 1. The van der Waals surface area contributed by atoms with E-state index in [4.69, 9.17) is 5.11 Å². The fourth-order valence-electron chi connectivity index (χ4n) is 1.22. The van der Waals surface area contributed by atoms with Crippen LogP contribution in [0.1, 0.15) is 24.6 Å². The molecule has 0 spiro atoms. The zero-order valence-electron chi connectivity index (χ0n) is 7.95. The van der Waals surface area contributed by atoms with Gasteiger partial charge in [-0.05, 0) is 19.4 Å². The van der Waals surface area contributed by atoms with Gasteiger partial charge in [0.25, 0.3) is 5.56 Å². The van der Waals surface area contributed by atoms with Crippen molar-refractivity contribution in [1.82, 2.24) is 9.78 Å². The van der Waals surface area contributed by atoms with Gasteiger partial charge in [0.1, 0.15) is 0 Å². The lowest BCUT2D eigenvalue weighted by Crippen LogP contribution is -2.26. The van der Waals surface area contributed by atoms with Gasteiger partial charge in [0.05, 0.1) is 12.3 Å². The Labute approximate surface area is 76.8 Å². The number of hydrogen-bond acceptors (Lipinski definition) is 3. The minimum Gasteiger partial charge on any atom is -0.391 e. The normalized spacial score (nSPS) is 10.4. The van der Waals surface area contributed by atoms with Crippen LogP contribution in [0.25, 0.3) is 0 Å². The quantitative estimate of drug-likeness (QED) is 0.738. The van der Waals surface area contributed by atoms with Crippen molar-refractivity contribution in [3.05, 3.63) is 27.7 Å². The van der Waals surface area contributed by atoms with E-state index in [2.05, 4.69) is 5.10 Å². The smallest absolute Gasteiger partial charge is 0.272 e. The molecule has 1 aromatic rings. The van der Waals surface area contributed by atoms with E-state index < -0.39 is 0 Å². The van der Waals surface area contributed by atoms with Gasteiger partial charge >= 0.3 is 0 Å². The Hall–Kier alpha value is -1.16. The number of rotatable bonds is 3.